The Morgan fingerprint density at radius 2 is 1.59 bits per heavy atom. The van der Waals surface area contributed by atoms with Crippen LogP contribution in [0.3, 0.4) is 0 Å². The summed E-state index contributed by atoms with van der Waals surface area (Å²) in [6.07, 6.45) is 2.02. The zero-order valence-corrected chi connectivity index (χ0v) is 15.7. The summed E-state index contributed by atoms with van der Waals surface area (Å²) in [5.41, 5.74) is 10.2. The van der Waals surface area contributed by atoms with Gasteiger partial charge in [0.05, 0.1) is 19.8 Å². The van der Waals surface area contributed by atoms with Crippen LogP contribution in [0, 0.1) is 0 Å². The van der Waals surface area contributed by atoms with Crippen LogP contribution in [0.1, 0.15) is 0 Å². The van der Waals surface area contributed by atoms with Gasteiger partial charge in [-0.1, -0.05) is 12.1 Å². The van der Waals surface area contributed by atoms with Crippen molar-refractivity contribution in [3.05, 3.63) is 60.8 Å². The molecule has 0 fully saturated rings. The van der Waals surface area contributed by atoms with Crippen molar-refractivity contribution in [2.45, 2.75) is 0 Å². The highest BCUT2D eigenvalue weighted by molar-refractivity contribution is 5.85. The Labute approximate surface area is 163 Å². The number of methoxy groups -OCH3 is 2. The van der Waals surface area contributed by atoms with Gasteiger partial charge in [-0.05, 0) is 47.5 Å². The van der Waals surface area contributed by atoms with E-state index in [1.807, 2.05) is 59.1 Å². The molecule has 0 saturated heterocycles. The molecule has 0 saturated carbocycles. The smallest absolute Gasteiger partial charge is 0.172 e. The average Bonchev–Trinajstić information content (AvgIpc) is 3.11. The van der Waals surface area contributed by atoms with Crippen LogP contribution in [0.2, 0.25) is 0 Å². The predicted molar refractivity (Wildman–Crippen MR) is 109 cm³/mol. The summed E-state index contributed by atoms with van der Waals surface area (Å²) in [5.74, 6) is 2.19. The number of nitrogens with zero attached hydrogens (tertiary/aromatic N) is 3. The zero-order valence-electron chi connectivity index (χ0n) is 14.9. The summed E-state index contributed by atoms with van der Waals surface area (Å²) in [6, 6.07) is 17.4. The maximum atomic E-state index is 5.86. The molecule has 0 radical (unpaired) electrons. The van der Waals surface area contributed by atoms with E-state index in [1.165, 1.54) is 0 Å². The van der Waals surface area contributed by atoms with E-state index < -0.39 is 0 Å². The third kappa shape index (κ3) is 3.39. The molecule has 0 bridgehead atoms. The molecule has 0 aliphatic carbocycles. The van der Waals surface area contributed by atoms with Crippen molar-refractivity contribution in [3.8, 4) is 34.0 Å². The number of fused-ring (bicyclic) bond motifs is 1. The summed E-state index contributed by atoms with van der Waals surface area (Å²) in [5, 5.41) is 8.60. The van der Waals surface area contributed by atoms with Gasteiger partial charge in [-0.25, -0.2) is 0 Å². The fraction of sp³-hybridized carbons (Fsp3) is 0.100. The molecular formula is C20H19ClN4O2. The van der Waals surface area contributed by atoms with Gasteiger partial charge in [0.2, 0.25) is 0 Å². The average molecular weight is 383 g/mol. The lowest BCUT2D eigenvalue weighted by Crippen LogP contribution is -1.95. The quantitative estimate of drug-likeness (QED) is 0.538. The molecule has 7 heteroatoms. The molecular weight excluding hydrogens is 364 g/mol. The van der Waals surface area contributed by atoms with Crippen LogP contribution in [0.4, 0.5) is 5.69 Å². The number of benzene rings is 2. The molecule has 2 N–H and O–H groups in total. The van der Waals surface area contributed by atoms with Crippen molar-refractivity contribution >= 4 is 23.7 Å². The summed E-state index contributed by atoms with van der Waals surface area (Å²) in [4.78, 5) is 0. The molecule has 4 aromatic rings. The summed E-state index contributed by atoms with van der Waals surface area (Å²) < 4.78 is 12.6. The maximum absolute atomic E-state index is 5.86. The Morgan fingerprint density at radius 3 is 2.30 bits per heavy atom. The molecule has 27 heavy (non-hydrogen) atoms. The van der Waals surface area contributed by atoms with Gasteiger partial charge in [0.15, 0.2) is 11.5 Å². The van der Waals surface area contributed by atoms with E-state index in [2.05, 4.69) is 10.2 Å². The number of aromatic nitrogens is 3. The van der Waals surface area contributed by atoms with Gasteiger partial charge in [-0.15, -0.1) is 22.6 Å². The summed E-state index contributed by atoms with van der Waals surface area (Å²) >= 11 is 0. The second-order valence-corrected chi connectivity index (χ2v) is 5.86. The minimum Gasteiger partial charge on any atom is -0.497 e. The fourth-order valence-corrected chi connectivity index (χ4v) is 2.92. The van der Waals surface area contributed by atoms with Crippen LogP contribution < -0.4 is 15.2 Å². The SMILES string of the molecule is COc1ccc(-c2ccc3nnc(-c4ccc(N)cc4OC)n3c2)cc1.Cl. The van der Waals surface area contributed by atoms with Gasteiger partial charge < -0.3 is 15.2 Å². The van der Waals surface area contributed by atoms with Crippen molar-refractivity contribution in [2.24, 2.45) is 0 Å². The normalized spacial score (nSPS) is 10.4. The first-order valence-electron chi connectivity index (χ1n) is 8.12. The Balaban J connectivity index is 0.00000210. The Kier molecular flexibility index (Phi) is 5.19. The Hall–Kier alpha value is -3.25. The highest BCUT2D eigenvalue weighted by atomic mass is 35.5. The number of hydrogen-bond acceptors (Lipinski definition) is 5. The van der Waals surface area contributed by atoms with E-state index >= 15 is 0 Å². The van der Waals surface area contributed by atoms with Crippen molar-refractivity contribution in [1.82, 2.24) is 14.6 Å². The Morgan fingerprint density at radius 1 is 0.852 bits per heavy atom. The highest BCUT2D eigenvalue weighted by Crippen LogP contribution is 2.32. The van der Waals surface area contributed by atoms with E-state index in [9.17, 15) is 0 Å². The molecule has 0 aliphatic rings. The third-order valence-corrected chi connectivity index (χ3v) is 4.29. The number of halogens is 1. The maximum Gasteiger partial charge on any atom is 0.172 e. The van der Waals surface area contributed by atoms with Crippen LogP contribution >= 0.6 is 12.4 Å². The first-order valence-corrected chi connectivity index (χ1v) is 8.12. The topological polar surface area (TPSA) is 74.7 Å². The number of anilines is 1. The van der Waals surface area contributed by atoms with Crippen molar-refractivity contribution in [2.75, 3.05) is 20.0 Å². The van der Waals surface area contributed by atoms with Crippen LogP contribution in [-0.4, -0.2) is 28.8 Å². The first-order chi connectivity index (χ1) is 12.7. The molecule has 2 aromatic carbocycles. The number of nitrogens with two attached hydrogens (primary N) is 1. The van der Waals surface area contributed by atoms with Gasteiger partial charge in [0.25, 0.3) is 0 Å². The molecule has 6 nitrogen and oxygen atoms in total. The molecule has 0 amide bonds. The van der Waals surface area contributed by atoms with Crippen LogP contribution in [-0.2, 0) is 0 Å². The van der Waals surface area contributed by atoms with Gasteiger partial charge in [-0.2, -0.15) is 0 Å². The highest BCUT2D eigenvalue weighted by Gasteiger charge is 2.14. The minimum absolute atomic E-state index is 0. The molecule has 2 aromatic heterocycles. The van der Waals surface area contributed by atoms with E-state index in [4.69, 9.17) is 15.2 Å². The molecule has 138 valence electrons. The number of rotatable bonds is 4. The van der Waals surface area contributed by atoms with Gasteiger partial charge in [-0.3, -0.25) is 4.40 Å². The monoisotopic (exact) mass is 382 g/mol. The van der Waals surface area contributed by atoms with Crippen LogP contribution in [0.25, 0.3) is 28.2 Å². The number of ether oxygens (including phenoxy) is 2. The lowest BCUT2D eigenvalue weighted by atomic mass is 10.1. The second kappa shape index (κ2) is 7.55. The van der Waals surface area contributed by atoms with Crippen molar-refractivity contribution in [3.63, 3.8) is 0 Å². The van der Waals surface area contributed by atoms with E-state index in [1.54, 1.807) is 20.3 Å². The minimum atomic E-state index is 0. The second-order valence-electron chi connectivity index (χ2n) is 5.86. The summed E-state index contributed by atoms with van der Waals surface area (Å²) in [7, 11) is 3.27. The van der Waals surface area contributed by atoms with Gasteiger partial charge in [0, 0.05) is 18.0 Å². The number of nitrogen functional groups attached to an aromatic ring is 1. The molecule has 0 atom stereocenters. The van der Waals surface area contributed by atoms with Crippen molar-refractivity contribution in [1.29, 1.82) is 0 Å². The largest absolute Gasteiger partial charge is 0.497 e. The van der Waals surface area contributed by atoms with E-state index in [-0.39, 0.29) is 12.4 Å². The fourth-order valence-electron chi connectivity index (χ4n) is 2.92. The van der Waals surface area contributed by atoms with Crippen LogP contribution in [0.15, 0.2) is 60.8 Å². The van der Waals surface area contributed by atoms with E-state index in [0.717, 1.165) is 28.1 Å². The van der Waals surface area contributed by atoms with Crippen molar-refractivity contribution < 1.29 is 9.47 Å². The molecule has 0 unspecified atom stereocenters. The standard InChI is InChI=1S/C20H18N4O2.ClH/c1-25-16-7-3-13(4-8-16)14-5-10-19-22-23-20(24(19)12-14)17-9-6-15(21)11-18(17)26-2;/h3-12H,21H2,1-2H3;1H. The lowest BCUT2D eigenvalue weighted by molar-refractivity contribution is 0.415. The predicted octanol–water partition coefficient (Wildman–Crippen LogP) is 4.08. The molecule has 0 spiro atoms. The molecule has 0 aliphatic heterocycles. The first kappa shape index (κ1) is 18.5. The third-order valence-electron chi connectivity index (χ3n) is 4.29. The number of pyridine rings is 1. The lowest BCUT2D eigenvalue weighted by Gasteiger charge is -2.09. The molecule has 2 heterocycles. The summed E-state index contributed by atoms with van der Waals surface area (Å²) in [6.45, 7) is 0. The molecule has 4 rings (SSSR count). The zero-order chi connectivity index (χ0) is 18.1. The van der Waals surface area contributed by atoms with E-state index in [0.29, 0.717) is 17.3 Å². The number of hydrogen-bond donors (Lipinski definition) is 1. The van der Waals surface area contributed by atoms with Gasteiger partial charge in [0.1, 0.15) is 11.5 Å². The van der Waals surface area contributed by atoms with Crippen LogP contribution in [0.5, 0.6) is 11.5 Å². The van der Waals surface area contributed by atoms with Gasteiger partial charge >= 0.3 is 0 Å². The Bertz CT molecular complexity index is 1080.